The van der Waals surface area contributed by atoms with Crippen molar-refractivity contribution in [2.24, 2.45) is 12.8 Å². The highest BCUT2D eigenvalue weighted by Crippen LogP contribution is 2.32. The van der Waals surface area contributed by atoms with Crippen molar-refractivity contribution in [3.8, 4) is 11.4 Å². The molecule has 4 nitrogen and oxygen atoms in total. The number of benzene rings is 1. The fourth-order valence-electron chi connectivity index (χ4n) is 1.45. The van der Waals surface area contributed by atoms with Gasteiger partial charge in [-0.1, -0.05) is 29.3 Å². The lowest BCUT2D eigenvalue weighted by molar-refractivity contribution is 0.797. The molecule has 1 heterocycles. The SMILES string of the molecule is Cn1c(CN)nnc1-c1cccc(Cl)c1Cl. The minimum absolute atomic E-state index is 0.335. The highest BCUT2D eigenvalue weighted by Gasteiger charge is 2.13. The van der Waals surface area contributed by atoms with Crippen molar-refractivity contribution >= 4 is 23.2 Å². The average Bonchev–Trinajstić information content (AvgIpc) is 2.64. The summed E-state index contributed by atoms with van der Waals surface area (Å²) in [5, 5.41) is 8.99. The van der Waals surface area contributed by atoms with Gasteiger partial charge in [-0.2, -0.15) is 0 Å². The fourth-order valence-corrected chi connectivity index (χ4v) is 1.84. The van der Waals surface area contributed by atoms with Gasteiger partial charge < -0.3 is 10.3 Å². The van der Waals surface area contributed by atoms with Gasteiger partial charge in [0.05, 0.1) is 16.6 Å². The molecule has 0 atom stereocenters. The van der Waals surface area contributed by atoms with Gasteiger partial charge in [0, 0.05) is 12.6 Å². The highest BCUT2D eigenvalue weighted by molar-refractivity contribution is 6.43. The van der Waals surface area contributed by atoms with E-state index in [2.05, 4.69) is 10.2 Å². The molecule has 0 aliphatic heterocycles. The Morgan fingerprint density at radius 3 is 2.69 bits per heavy atom. The van der Waals surface area contributed by atoms with Gasteiger partial charge in [0.25, 0.3) is 0 Å². The van der Waals surface area contributed by atoms with Crippen LogP contribution >= 0.6 is 23.2 Å². The Morgan fingerprint density at radius 1 is 1.31 bits per heavy atom. The first kappa shape index (κ1) is 11.4. The van der Waals surface area contributed by atoms with E-state index in [9.17, 15) is 0 Å². The van der Waals surface area contributed by atoms with Crippen molar-refractivity contribution in [3.05, 3.63) is 34.1 Å². The van der Waals surface area contributed by atoms with E-state index in [4.69, 9.17) is 28.9 Å². The molecule has 0 unspecified atom stereocenters. The third-order valence-electron chi connectivity index (χ3n) is 2.34. The van der Waals surface area contributed by atoms with Crippen molar-refractivity contribution in [1.29, 1.82) is 0 Å². The average molecular weight is 257 g/mol. The summed E-state index contributed by atoms with van der Waals surface area (Å²) in [6.07, 6.45) is 0. The third-order valence-corrected chi connectivity index (χ3v) is 3.16. The lowest BCUT2D eigenvalue weighted by Gasteiger charge is -2.05. The highest BCUT2D eigenvalue weighted by atomic mass is 35.5. The summed E-state index contributed by atoms with van der Waals surface area (Å²) >= 11 is 12.1. The van der Waals surface area contributed by atoms with E-state index in [0.717, 1.165) is 5.56 Å². The Labute approximate surface area is 103 Å². The molecule has 0 amide bonds. The topological polar surface area (TPSA) is 56.7 Å². The van der Waals surface area contributed by atoms with Crippen LogP contribution in [0.15, 0.2) is 18.2 Å². The first-order chi connectivity index (χ1) is 7.65. The molecule has 0 aliphatic carbocycles. The van der Waals surface area contributed by atoms with Crippen molar-refractivity contribution in [1.82, 2.24) is 14.8 Å². The third kappa shape index (κ3) is 1.80. The lowest BCUT2D eigenvalue weighted by atomic mass is 10.2. The van der Waals surface area contributed by atoms with Crippen LogP contribution in [0.3, 0.4) is 0 Å². The largest absolute Gasteiger partial charge is 0.324 e. The fraction of sp³-hybridized carbons (Fsp3) is 0.200. The van der Waals surface area contributed by atoms with Crippen LogP contribution in [0.1, 0.15) is 5.82 Å². The summed E-state index contributed by atoms with van der Waals surface area (Å²) in [4.78, 5) is 0. The molecule has 2 aromatic rings. The second kappa shape index (κ2) is 4.41. The zero-order valence-corrected chi connectivity index (χ0v) is 10.1. The van der Waals surface area contributed by atoms with E-state index in [1.165, 1.54) is 0 Å². The van der Waals surface area contributed by atoms with Gasteiger partial charge in [0.15, 0.2) is 5.82 Å². The minimum Gasteiger partial charge on any atom is -0.324 e. The van der Waals surface area contributed by atoms with Gasteiger partial charge in [-0.05, 0) is 12.1 Å². The minimum atomic E-state index is 0.335. The first-order valence-electron chi connectivity index (χ1n) is 4.68. The van der Waals surface area contributed by atoms with E-state index in [-0.39, 0.29) is 0 Å². The molecule has 0 aliphatic rings. The van der Waals surface area contributed by atoms with Gasteiger partial charge in [-0.15, -0.1) is 10.2 Å². The quantitative estimate of drug-likeness (QED) is 0.897. The van der Waals surface area contributed by atoms with Crippen LogP contribution in [-0.4, -0.2) is 14.8 Å². The number of nitrogens with zero attached hydrogens (tertiary/aromatic N) is 3. The standard InChI is InChI=1S/C10H10Cl2N4/c1-16-8(5-13)14-15-10(16)6-3-2-4-7(11)9(6)12/h2-4H,5,13H2,1H3. The van der Waals surface area contributed by atoms with E-state index < -0.39 is 0 Å². The van der Waals surface area contributed by atoms with E-state index >= 15 is 0 Å². The van der Waals surface area contributed by atoms with Gasteiger partial charge >= 0.3 is 0 Å². The summed E-state index contributed by atoms with van der Waals surface area (Å²) in [6.45, 7) is 0.335. The van der Waals surface area contributed by atoms with Crippen molar-refractivity contribution in [2.75, 3.05) is 0 Å². The normalized spacial score (nSPS) is 10.8. The van der Waals surface area contributed by atoms with Crippen LogP contribution in [0.4, 0.5) is 0 Å². The van der Waals surface area contributed by atoms with Crippen molar-refractivity contribution in [3.63, 3.8) is 0 Å². The summed E-state index contributed by atoms with van der Waals surface area (Å²) in [6, 6.07) is 5.40. The molecule has 0 saturated heterocycles. The first-order valence-corrected chi connectivity index (χ1v) is 5.43. The Hall–Kier alpha value is -1.10. The smallest absolute Gasteiger partial charge is 0.165 e. The summed E-state index contributed by atoms with van der Waals surface area (Å²) in [7, 11) is 1.84. The molecule has 0 radical (unpaired) electrons. The number of hydrogen-bond acceptors (Lipinski definition) is 3. The van der Waals surface area contributed by atoms with E-state index in [1.807, 2.05) is 19.2 Å². The number of nitrogens with two attached hydrogens (primary N) is 1. The molecule has 0 fully saturated rings. The number of rotatable bonds is 2. The molecule has 2 rings (SSSR count). The maximum absolute atomic E-state index is 6.11. The monoisotopic (exact) mass is 256 g/mol. The van der Waals surface area contributed by atoms with E-state index in [0.29, 0.717) is 28.2 Å². The number of aromatic nitrogens is 3. The molecule has 0 bridgehead atoms. The molecular formula is C10H10Cl2N4. The van der Waals surface area contributed by atoms with Gasteiger partial charge in [-0.3, -0.25) is 0 Å². The maximum atomic E-state index is 6.11. The molecule has 84 valence electrons. The van der Waals surface area contributed by atoms with Crippen molar-refractivity contribution in [2.45, 2.75) is 6.54 Å². The van der Waals surface area contributed by atoms with Gasteiger partial charge in [-0.25, -0.2) is 0 Å². The van der Waals surface area contributed by atoms with Crippen LogP contribution < -0.4 is 5.73 Å². The molecular weight excluding hydrogens is 247 g/mol. The summed E-state index contributed by atoms with van der Waals surface area (Å²) < 4.78 is 1.80. The van der Waals surface area contributed by atoms with Gasteiger partial charge in [0.1, 0.15) is 5.82 Å². The predicted molar refractivity (Wildman–Crippen MR) is 64.4 cm³/mol. The number of hydrogen-bond donors (Lipinski definition) is 1. The maximum Gasteiger partial charge on any atom is 0.165 e. The second-order valence-corrected chi connectivity index (χ2v) is 4.09. The Balaban J connectivity index is 2.59. The molecule has 1 aromatic heterocycles. The Bertz CT molecular complexity index is 522. The second-order valence-electron chi connectivity index (χ2n) is 3.30. The molecule has 1 aromatic carbocycles. The Kier molecular flexibility index (Phi) is 3.14. The molecule has 2 N–H and O–H groups in total. The molecule has 6 heteroatoms. The lowest BCUT2D eigenvalue weighted by Crippen LogP contribution is -2.05. The van der Waals surface area contributed by atoms with Crippen LogP contribution in [0, 0.1) is 0 Å². The zero-order valence-electron chi connectivity index (χ0n) is 8.61. The van der Waals surface area contributed by atoms with Crippen LogP contribution in [0.25, 0.3) is 11.4 Å². The number of halogens is 2. The van der Waals surface area contributed by atoms with Crippen LogP contribution in [0.2, 0.25) is 10.0 Å². The predicted octanol–water partition coefficient (Wildman–Crippen LogP) is 2.25. The summed E-state index contributed by atoms with van der Waals surface area (Å²) in [5.74, 6) is 1.36. The Morgan fingerprint density at radius 2 is 2.06 bits per heavy atom. The molecule has 0 saturated carbocycles. The van der Waals surface area contributed by atoms with Crippen LogP contribution in [0.5, 0.6) is 0 Å². The summed E-state index contributed by atoms with van der Waals surface area (Å²) in [5.41, 5.74) is 6.28. The van der Waals surface area contributed by atoms with Crippen molar-refractivity contribution < 1.29 is 0 Å². The zero-order chi connectivity index (χ0) is 11.7. The van der Waals surface area contributed by atoms with E-state index in [1.54, 1.807) is 10.6 Å². The molecule has 0 spiro atoms. The van der Waals surface area contributed by atoms with Gasteiger partial charge in [0.2, 0.25) is 0 Å². The molecule has 16 heavy (non-hydrogen) atoms. The van der Waals surface area contributed by atoms with Crippen LogP contribution in [-0.2, 0) is 13.6 Å².